The second-order valence-corrected chi connectivity index (χ2v) is 3.84. The fraction of sp³-hybridized carbons (Fsp3) is 0.625. The fourth-order valence-corrected chi connectivity index (χ4v) is 2.37. The van der Waals surface area contributed by atoms with Gasteiger partial charge in [-0.1, -0.05) is 0 Å². The van der Waals surface area contributed by atoms with E-state index in [-0.39, 0.29) is 6.10 Å². The van der Waals surface area contributed by atoms with E-state index in [4.69, 9.17) is 4.74 Å². The van der Waals surface area contributed by atoms with Crippen molar-refractivity contribution in [2.45, 2.75) is 19.1 Å². The predicted molar refractivity (Wildman–Crippen MR) is 48.3 cm³/mol. The summed E-state index contributed by atoms with van der Waals surface area (Å²) in [5, 5.41) is 3.37. The molecule has 4 heteroatoms. The summed E-state index contributed by atoms with van der Waals surface area (Å²) < 4.78 is 5.31. The second kappa shape index (κ2) is 3.12. The van der Waals surface area contributed by atoms with Crippen molar-refractivity contribution in [3.8, 4) is 0 Å². The quantitative estimate of drug-likeness (QED) is 0.718. The lowest BCUT2D eigenvalue weighted by atomic mass is 10.1. The van der Waals surface area contributed by atoms with E-state index >= 15 is 0 Å². The number of rotatable bonds is 1. The molecule has 0 radical (unpaired) electrons. The zero-order chi connectivity index (χ0) is 8.55. The van der Waals surface area contributed by atoms with Gasteiger partial charge in [0.05, 0.1) is 11.2 Å². The Morgan fingerprint density at radius 3 is 3.33 bits per heavy atom. The molecule has 66 valence electrons. The Kier molecular flexibility index (Phi) is 2.12. The molecule has 0 spiro atoms. The molecule has 0 saturated carbocycles. The van der Waals surface area contributed by atoms with Gasteiger partial charge in [0, 0.05) is 24.6 Å². The lowest BCUT2D eigenvalue weighted by Crippen LogP contribution is -2.31. The van der Waals surface area contributed by atoms with Crippen molar-refractivity contribution in [2.75, 3.05) is 13.7 Å². The summed E-state index contributed by atoms with van der Waals surface area (Å²) in [5.74, 6) is 0. The monoisotopic (exact) mass is 184 g/mol. The number of hydrogen-bond donors (Lipinski definition) is 1. The Hall–Kier alpha value is -0.450. The number of hydrogen-bond acceptors (Lipinski definition) is 4. The molecule has 0 saturated heterocycles. The number of nitrogens with zero attached hydrogens (tertiary/aromatic N) is 1. The highest BCUT2D eigenvalue weighted by Crippen LogP contribution is 2.31. The molecule has 1 aliphatic rings. The average molecular weight is 184 g/mol. The van der Waals surface area contributed by atoms with Crippen LogP contribution in [0.3, 0.4) is 0 Å². The van der Waals surface area contributed by atoms with Gasteiger partial charge in [-0.25, -0.2) is 4.98 Å². The van der Waals surface area contributed by atoms with E-state index in [2.05, 4.69) is 17.2 Å². The number of fused-ring (bicyclic) bond motifs is 1. The van der Waals surface area contributed by atoms with Crippen molar-refractivity contribution in [3.05, 3.63) is 16.1 Å². The van der Waals surface area contributed by atoms with Crippen LogP contribution in [0, 0.1) is 0 Å². The first-order valence-electron chi connectivity index (χ1n) is 4.02. The first kappa shape index (κ1) is 8.16. The van der Waals surface area contributed by atoms with Crippen LogP contribution in [-0.4, -0.2) is 18.6 Å². The van der Waals surface area contributed by atoms with Gasteiger partial charge in [0.1, 0.15) is 6.10 Å². The van der Waals surface area contributed by atoms with Crippen molar-refractivity contribution in [3.63, 3.8) is 0 Å². The van der Waals surface area contributed by atoms with Crippen LogP contribution in [0.5, 0.6) is 0 Å². The van der Waals surface area contributed by atoms with Crippen molar-refractivity contribution in [1.82, 2.24) is 10.3 Å². The molecule has 1 aromatic rings. The van der Waals surface area contributed by atoms with E-state index in [1.165, 1.54) is 4.88 Å². The van der Waals surface area contributed by atoms with E-state index < -0.39 is 0 Å². The molecule has 0 aromatic carbocycles. The van der Waals surface area contributed by atoms with Crippen LogP contribution in [0.1, 0.15) is 29.6 Å². The lowest BCUT2D eigenvalue weighted by molar-refractivity contribution is 0.0891. The van der Waals surface area contributed by atoms with Crippen LogP contribution in [0.15, 0.2) is 5.51 Å². The Morgan fingerprint density at radius 1 is 1.75 bits per heavy atom. The number of methoxy groups -OCH3 is 1. The number of aromatic nitrogens is 1. The molecule has 2 rings (SSSR count). The molecule has 1 aromatic heterocycles. The maximum absolute atomic E-state index is 5.31. The summed E-state index contributed by atoms with van der Waals surface area (Å²) in [5.41, 5.74) is 3.01. The minimum absolute atomic E-state index is 0.141. The van der Waals surface area contributed by atoms with Crippen LogP contribution in [-0.2, 0) is 4.74 Å². The van der Waals surface area contributed by atoms with Gasteiger partial charge in [0.15, 0.2) is 0 Å². The minimum atomic E-state index is 0.141. The third kappa shape index (κ3) is 1.16. The Labute approximate surface area is 75.8 Å². The van der Waals surface area contributed by atoms with Gasteiger partial charge in [-0.05, 0) is 6.92 Å². The molecule has 2 heterocycles. The van der Waals surface area contributed by atoms with Gasteiger partial charge in [-0.2, -0.15) is 0 Å². The molecule has 3 nitrogen and oxygen atoms in total. The van der Waals surface area contributed by atoms with Gasteiger partial charge in [-0.3, -0.25) is 0 Å². The van der Waals surface area contributed by atoms with E-state index in [0.717, 1.165) is 12.2 Å². The van der Waals surface area contributed by atoms with Crippen LogP contribution in [0.2, 0.25) is 0 Å². The number of nitrogens with one attached hydrogen (secondary N) is 1. The summed E-state index contributed by atoms with van der Waals surface area (Å²) in [6, 6.07) is 0.430. The highest BCUT2D eigenvalue weighted by atomic mass is 32.1. The molecule has 2 atom stereocenters. The molecule has 0 aliphatic carbocycles. The summed E-state index contributed by atoms with van der Waals surface area (Å²) in [6.07, 6.45) is 0.141. The minimum Gasteiger partial charge on any atom is -0.374 e. The van der Waals surface area contributed by atoms with Gasteiger partial charge in [0.25, 0.3) is 0 Å². The highest BCUT2D eigenvalue weighted by Gasteiger charge is 2.26. The summed E-state index contributed by atoms with van der Waals surface area (Å²) in [4.78, 5) is 5.63. The van der Waals surface area contributed by atoms with E-state index in [0.29, 0.717) is 6.04 Å². The maximum atomic E-state index is 5.31. The summed E-state index contributed by atoms with van der Waals surface area (Å²) >= 11 is 1.70. The predicted octanol–water partition coefficient (Wildman–Crippen LogP) is 1.49. The zero-order valence-electron chi connectivity index (χ0n) is 7.20. The molecule has 0 bridgehead atoms. The maximum Gasteiger partial charge on any atom is 0.113 e. The lowest BCUT2D eigenvalue weighted by Gasteiger charge is -2.25. The fourth-order valence-electron chi connectivity index (χ4n) is 1.50. The van der Waals surface area contributed by atoms with Crippen LogP contribution >= 0.6 is 11.3 Å². The second-order valence-electron chi connectivity index (χ2n) is 2.96. The summed E-state index contributed by atoms with van der Waals surface area (Å²) in [6.45, 7) is 3.03. The first-order chi connectivity index (χ1) is 5.83. The normalized spacial score (nSPS) is 28.5. The standard InChI is InChI=1S/C8H12N2OS/c1-5-8-7(10-4-12-8)6(11-2)3-9-5/h4-6,9H,3H2,1-2H3/t5-,6+/m0/s1. The summed E-state index contributed by atoms with van der Waals surface area (Å²) in [7, 11) is 1.73. The molecule has 0 amide bonds. The number of thiazole rings is 1. The third-order valence-corrected chi connectivity index (χ3v) is 3.24. The van der Waals surface area contributed by atoms with Crippen LogP contribution < -0.4 is 5.32 Å². The van der Waals surface area contributed by atoms with Gasteiger partial charge in [-0.15, -0.1) is 11.3 Å². The van der Waals surface area contributed by atoms with Crippen molar-refractivity contribution in [2.24, 2.45) is 0 Å². The first-order valence-corrected chi connectivity index (χ1v) is 4.90. The van der Waals surface area contributed by atoms with Crippen molar-refractivity contribution in [1.29, 1.82) is 0 Å². The highest BCUT2D eigenvalue weighted by molar-refractivity contribution is 7.09. The topological polar surface area (TPSA) is 34.1 Å². The number of ether oxygens (including phenoxy) is 1. The largest absolute Gasteiger partial charge is 0.374 e. The average Bonchev–Trinajstić information content (AvgIpc) is 2.54. The zero-order valence-corrected chi connectivity index (χ0v) is 8.02. The Balaban J connectivity index is 2.36. The van der Waals surface area contributed by atoms with Crippen LogP contribution in [0.25, 0.3) is 0 Å². The SMILES string of the molecule is CO[C@@H]1CN[C@@H](C)c2scnc21. The van der Waals surface area contributed by atoms with Crippen LogP contribution in [0.4, 0.5) is 0 Å². The molecular formula is C8H12N2OS. The van der Waals surface area contributed by atoms with Gasteiger partial charge >= 0.3 is 0 Å². The Morgan fingerprint density at radius 2 is 2.58 bits per heavy atom. The van der Waals surface area contributed by atoms with Gasteiger partial charge in [0.2, 0.25) is 0 Å². The smallest absolute Gasteiger partial charge is 0.113 e. The van der Waals surface area contributed by atoms with E-state index in [1.54, 1.807) is 18.4 Å². The molecular weight excluding hydrogens is 172 g/mol. The van der Waals surface area contributed by atoms with Crippen molar-refractivity contribution >= 4 is 11.3 Å². The van der Waals surface area contributed by atoms with Gasteiger partial charge < -0.3 is 10.1 Å². The molecule has 1 N–H and O–H groups in total. The van der Waals surface area contributed by atoms with E-state index in [9.17, 15) is 0 Å². The molecule has 0 unspecified atom stereocenters. The molecule has 1 aliphatic heterocycles. The third-order valence-electron chi connectivity index (χ3n) is 2.22. The van der Waals surface area contributed by atoms with Crippen molar-refractivity contribution < 1.29 is 4.74 Å². The Bertz CT molecular complexity index is 274. The molecule has 12 heavy (non-hydrogen) atoms. The molecule has 0 fully saturated rings. The van der Waals surface area contributed by atoms with E-state index in [1.807, 2.05) is 5.51 Å².